The van der Waals surface area contributed by atoms with Crippen molar-refractivity contribution in [3.63, 3.8) is 0 Å². The third-order valence-corrected chi connectivity index (χ3v) is 13.7. The topological polar surface area (TPSA) is 498 Å². The van der Waals surface area contributed by atoms with Crippen LogP contribution < -0.4 is 75.1 Å². The molecule has 1 aliphatic heterocycles. The number of alkyl carbamates (subject to hydrolysis) is 1. The Labute approximate surface area is 497 Å². The summed E-state index contributed by atoms with van der Waals surface area (Å²) in [7, 11) is 1.34. The van der Waals surface area contributed by atoms with E-state index in [9.17, 15) is 68.4 Å². The molecule has 0 aromatic heterocycles. The number of nitrogens with zero attached hydrogens (tertiary/aromatic N) is 1. The summed E-state index contributed by atoms with van der Waals surface area (Å²) < 4.78 is 10.8. The number of benzene rings is 2. The van der Waals surface area contributed by atoms with Gasteiger partial charge in [-0.25, -0.2) is 4.79 Å². The number of carbonyl (C=O) groups is 11. The van der Waals surface area contributed by atoms with Gasteiger partial charge in [-0.2, -0.15) is 0 Å². The summed E-state index contributed by atoms with van der Waals surface area (Å²) >= 11 is 0. The summed E-state index contributed by atoms with van der Waals surface area (Å²) in [6, 6.07) is -2.85. The fourth-order valence-electron chi connectivity index (χ4n) is 8.57. The van der Waals surface area contributed by atoms with Crippen LogP contribution in [0.3, 0.4) is 0 Å². The molecule has 1 fully saturated rings. The van der Waals surface area contributed by atoms with Gasteiger partial charge in [-0.15, -0.1) is 0 Å². The fraction of sp³-hybridized carbons (Fsp3) is 0.564. The zero-order valence-electron chi connectivity index (χ0n) is 49.3. The molecule has 1 aliphatic rings. The molecule has 31 heteroatoms. The first-order chi connectivity index (χ1) is 40.5. The van der Waals surface area contributed by atoms with Crippen LogP contribution in [0.4, 0.5) is 4.79 Å². The number of aliphatic hydroxyl groups excluding tert-OH is 4. The summed E-state index contributed by atoms with van der Waals surface area (Å²) in [4.78, 5) is 159. The number of rotatable bonds is 19. The minimum Gasteiger partial charge on any atom is -0.497 e. The van der Waals surface area contributed by atoms with Gasteiger partial charge in [0.2, 0.25) is 59.1 Å². The molecule has 31 nitrogen and oxygen atoms in total. The number of hydrogen-bond acceptors (Lipinski definition) is 18. The smallest absolute Gasteiger partial charge is 0.408 e. The third kappa shape index (κ3) is 22.4. The van der Waals surface area contributed by atoms with Crippen molar-refractivity contribution in [3.8, 4) is 5.75 Å². The lowest BCUT2D eigenvalue weighted by molar-refractivity contribution is -0.140. The highest BCUT2D eigenvalue weighted by Gasteiger charge is 2.42. The fourth-order valence-corrected chi connectivity index (χ4v) is 8.57. The van der Waals surface area contributed by atoms with Crippen LogP contribution in [0.15, 0.2) is 59.6 Å². The maximum atomic E-state index is 15.1. The van der Waals surface area contributed by atoms with Crippen LogP contribution in [0.25, 0.3) is 0 Å². The van der Waals surface area contributed by atoms with Crippen LogP contribution in [0.1, 0.15) is 91.3 Å². The molecule has 0 saturated carbocycles. The molecule has 3 rings (SSSR count). The zero-order chi connectivity index (χ0) is 64.5. The second-order valence-electron chi connectivity index (χ2n) is 21.3. The number of amides is 11. The molecular weight excluding hydrogens is 1130 g/mol. The molecule has 1 saturated heterocycles. The molecule has 13 atom stereocenters. The Morgan fingerprint density at radius 3 is 1.78 bits per heavy atom. The molecule has 2 aromatic carbocycles. The van der Waals surface area contributed by atoms with Crippen molar-refractivity contribution in [2.45, 2.75) is 153 Å². The van der Waals surface area contributed by atoms with E-state index in [4.69, 9.17) is 26.7 Å². The maximum Gasteiger partial charge on any atom is 0.408 e. The molecule has 0 spiro atoms. The SMILES string of the molecule is CC[C@H](C)[C@@H]1NC(=O)[C@@H](CCCN=C(N)N)NC(=O)[C@H](CC(C)C)NC(=O)[C@H]([C@H](O)C(C)C)NC(=O)[C@@H](NC(=O)OCc2ccccc2)[C@@H](c2ccc(OC)cc2)NC(=O)[C@H](CO)NC(=O)[C@H]([C@H](O)C(N)=O)NC(=O)CNC(=O)[C@H]([C@H](C)O)NC1=O. The van der Waals surface area contributed by atoms with E-state index in [0.717, 1.165) is 6.92 Å². The normalized spacial score (nSPS) is 24.3. The highest BCUT2D eigenvalue weighted by Crippen LogP contribution is 2.23. The monoisotopic (exact) mass is 1210 g/mol. The standard InChI is InChI=1S/C55H84N14O17/c1-9-28(6)37-50(80)66-38(29(7)71)49(79)60-23-36(72)64-42(44(74)45(56)75)53(83)63-35(24-70)48(78)67-39(31-17-19-32(85-8)20-18-31)40(69-55(84)86-25-30-14-11-10-12-15-30)51(81)68-41(43(73)27(4)5)52(82)62-34(22-26(2)3)47(77)61-33(46(76)65-37)16-13-21-59-54(57)58/h10-12,14-15,17-20,26-29,33-35,37-44,70-71,73-74H,9,13,16,21-25H2,1-8H3,(H2,56,75)(H,60,79)(H,61,77)(H,62,82)(H,63,83)(H,64,72)(H,65,76)(H,66,80)(H,67,78)(H,68,81)(H,69,84)(H4,57,58,59)/t28-,29-,33+,34-,35-,37-,38-,39+,40-,41-,42-,43+,44-/m0/s1. The van der Waals surface area contributed by atoms with Crippen LogP contribution in [0.2, 0.25) is 0 Å². The quantitative estimate of drug-likeness (QED) is 0.0356. The zero-order valence-corrected chi connectivity index (χ0v) is 49.3. The average molecular weight is 1210 g/mol. The number of nitrogens with one attached hydrogen (secondary N) is 10. The summed E-state index contributed by atoms with van der Waals surface area (Å²) in [5, 5.41) is 67.7. The largest absolute Gasteiger partial charge is 0.497 e. The minimum atomic E-state index is -2.54. The van der Waals surface area contributed by atoms with Crippen molar-refractivity contribution in [2.24, 2.45) is 39.9 Å². The first kappa shape index (κ1) is 71.6. The van der Waals surface area contributed by atoms with Crippen molar-refractivity contribution in [1.82, 2.24) is 53.2 Å². The van der Waals surface area contributed by atoms with E-state index in [1.54, 1.807) is 58.0 Å². The predicted octanol–water partition coefficient (Wildman–Crippen LogP) is -4.95. The van der Waals surface area contributed by atoms with Gasteiger partial charge in [-0.05, 0) is 67.2 Å². The number of methoxy groups -OCH3 is 1. The molecule has 0 unspecified atom stereocenters. The Morgan fingerprint density at radius 1 is 0.663 bits per heavy atom. The molecule has 0 radical (unpaired) electrons. The average Bonchev–Trinajstić information content (AvgIpc) is 2.29. The van der Waals surface area contributed by atoms with Crippen molar-refractivity contribution < 1.29 is 82.6 Å². The van der Waals surface area contributed by atoms with Crippen LogP contribution in [0.5, 0.6) is 5.75 Å². The highest BCUT2D eigenvalue weighted by atomic mass is 16.5. The van der Waals surface area contributed by atoms with Gasteiger partial charge in [0.1, 0.15) is 60.7 Å². The molecule has 476 valence electrons. The van der Waals surface area contributed by atoms with Gasteiger partial charge in [0.15, 0.2) is 12.1 Å². The van der Waals surface area contributed by atoms with Crippen molar-refractivity contribution >= 4 is 71.1 Å². The first-order valence-electron chi connectivity index (χ1n) is 27.8. The minimum absolute atomic E-state index is 0.00510. The van der Waals surface area contributed by atoms with Gasteiger partial charge in [0.05, 0.1) is 38.5 Å². The molecule has 0 bridgehead atoms. The Morgan fingerprint density at radius 2 is 1.22 bits per heavy atom. The molecule has 11 amide bonds. The van der Waals surface area contributed by atoms with Gasteiger partial charge in [0.25, 0.3) is 0 Å². The highest BCUT2D eigenvalue weighted by molar-refractivity contribution is 6.00. The number of primary amides is 1. The Hall–Kier alpha value is -8.68. The summed E-state index contributed by atoms with van der Waals surface area (Å²) in [5.74, 6) is -14.2. The van der Waals surface area contributed by atoms with Gasteiger partial charge in [-0.1, -0.05) is 90.4 Å². The van der Waals surface area contributed by atoms with Crippen LogP contribution in [-0.2, 0) is 59.3 Å². The summed E-state index contributed by atoms with van der Waals surface area (Å²) in [6.45, 7) is 8.07. The Kier molecular flexibility index (Phi) is 29.1. The number of carbonyl (C=O) groups excluding carboxylic acids is 11. The van der Waals surface area contributed by atoms with E-state index < -0.39 is 163 Å². The van der Waals surface area contributed by atoms with Gasteiger partial charge in [-0.3, -0.25) is 52.9 Å². The lowest BCUT2D eigenvalue weighted by atomic mass is 9.94. The van der Waals surface area contributed by atoms with E-state index in [0.29, 0.717) is 5.56 Å². The van der Waals surface area contributed by atoms with E-state index in [1.165, 1.54) is 45.2 Å². The summed E-state index contributed by atoms with van der Waals surface area (Å²) in [5.41, 5.74) is 16.9. The van der Waals surface area contributed by atoms with Crippen LogP contribution in [0, 0.1) is 17.8 Å². The van der Waals surface area contributed by atoms with E-state index in [1.807, 2.05) is 5.32 Å². The summed E-state index contributed by atoms with van der Waals surface area (Å²) in [6.07, 6.45) is -7.26. The third-order valence-electron chi connectivity index (χ3n) is 13.7. The predicted molar refractivity (Wildman–Crippen MR) is 308 cm³/mol. The van der Waals surface area contributed by atoms with E-state index in [2.05, 4.69) is 52.8 Å². The molecule has 0 aliphatic carbocycles. The van der Waals surface area contributed by atoms with E-state index in [-0.39, 0.29) is 62.0 Å². The number of guanidine groups is 1. The van der Waals surface area contributed by atoms with Crippen molar-refractivity contribution in [1.29, 1.82) is 0 Å². The molecule has 86 heavy (non-hydrogen) atoms. The number of ether oxygens (including phenoxy) is 2. The van der Waals surface area contributed by atoms with Gasteiger partial charge in [0, 0.05) is 6.54 Å². The molecule has 20 N–H and O–H groups in total. The number of hydrogen-bond donors (Lipinski definition) is 17. The van der Waals surface area contributed by atoms with Crippen molar-refractivity contribution in [3.05, 3.63) is 65.7 Å². The number of aliphatic hydroxyl groups is 4. The molecule has 1 heterocycles. The second-order valence-corrected chi connectivity index (χ2v) is 21.3. The Balaban J connectivity index is 2.36. The first-order valence-corrected chi connectivity index (χ1v) is 27.8. The van der Waals surface area contributed by atoms with Gasteiger partial charge >= 0.3 is 6.09 Å². The Bertz CT molecular complexity index is 2680. The second kappa shape index (κ2) is 34.9. The number of aliphatic imine (C=N–C) groups is 1. The van der Waals surface area contributed by atoms with Crippen molar-refractivity contribution in [2.75, 3.05) is 26.8 Å². The van der Waals surface area contributed by atoms with Crippen LogP contribution in [-0.4, -0.2) is 185 Å². The maximum absolute atomic E-state index is 15.1. The molecular formula is C55H84N14O17. The van der Waals surface area contributed by atoms with Gasteiger partial charge < -0.3 is 100 Å². The molecule has 2 aromatic rings. The number of nitrogens with two attached hydrogens (primary N) is 3. The lowest BCUT2D eigenvalue weighted by Crippen LogP contribution is -2.64. The lowest BCUT2D eigenvalue weighted by Gasteiger charge is -2.33. The van der Waals surface area contributed by atoms with E-state index >= 15 is 4.79 Å². The van der Waals surface area contributed by atoms with Crippen LogP contribution >= 0.6 is 0 Å².